The van der Waals surface area contributed by atoms with E-state index in [1.807, 2.05) is 0 Å². The second kappa shape index (κ2) is 11.3. The van der Waals surface area contributed by atoms with Gasteiger partial charge in [0.2, 0.25) is 0 Å². The van der Waals surface area contributed by atoms with Crippen molar-refractivity contribution >= 4 is 17.1 Å². The topological polar surface area (TPSA) is 12.5 Å². The van der Waals surface area contributed by atoms with Gasteiger partial charge in [-0.25, -0.2) is 0 Å². The summed E-state index contributed by atoms with van der Waals surface area (Å²) in [6.07, 6.45) is 10.4. The SMILES string of the molecule is CC1(C)CCC(C)(C)c2c(N(c3cc4c(cc3-c3ccccc3)C3(c5ccccc5O4)C4CC5CC6CC3C64C5)c3cccc4c3C(C)(C)CCC4(C)C)cccc21. The molecule has 1 heterocycles. The molecule has 2 spiro atoms. The third kappa shape index (κ3) is 4.30. The standard InChI is InChI=1S/C56H61NO/c1-51(2)24-26-53(5,6)49-39(51)19-14-21-42(49)57(43-22-15-20-40-50(43)54(7,8)27-25-52(40,3)4)44-32-46-41(31-37(44)35-16-10-9-11-17-35)56(38-18-12-13-23-45(38)58-46)47-29-34-28-36-30-48(56)55(36,47)33-34/h9-23,31-32,34,36,47-48H,24-30,33H2,1-8H3. The maximum atomic E-state index is 7.30. The van der Waals surface area contributed by atoms with Crippen molar-refractivity contribution in [3.63, 3.8) is 0 Å². The zero-order chi connectivity index (χ0) is 39.8. The molecule has 4 fully saturated rings. The summed E-state index contributed by atoms with van der Waals surface area (Å²) in [5.41, 5.74) is 16.1. The van der Waals surface area contributed by atoms with Crippen LogP contribution in [-0.2, 0) is 27.1 Å². The smallest absolute Gasteiger partial charge is 0.133 e. The van der Waals surface area contributed by atoms with E-state index in [1.165, 1.54) is 100 Å². The van der Waals surface area contributed by atoms with Gasteiger partial charge in [0.15, 0.2) is 0 Å². The summed E-state index contributed by atoms with van der Waals surface area (Å²) >= 11 is 0. The van der Waals surface area contributed by atoms with Crippen LogP contribution in [0.15, 0.2) is 103 Å². The van der Waals surface area contributed by atoms with Crippen molar-refractivity contribution in [3.8, 4) is 22.6 Å². The number of fused-ring (bicyclic) bond motifs is 9. The van der Waals surface area contributed by atoms with Crippen LogP contribution in [0.4, 0.5) is 17.1 Å². The molecule has 0 radical (unpaired) electrons. The van der Waals surface area contributed by atoms with Gasteiger partial charge in [-0.1, -0.05) is 128 Å². The van der Waals surface area contributed by atoms with Crippen molar-refractivity contribution in [1.29, 1.82) is 0 Å². The minimum absolute atomic E-state index is 0.00669. The Kier molecular flexibility index (Phi) is 6.93. The highest BCUT2D eigenvalue weighted by Gasteiger charge is 2.84. The van der Waals surface area contributed by atoms with Crippen LogP contribution in [0, 0.1) is 29.1 Å². The number of anilines is 3. The van der Waals surface area contributed by atoms with Gasteiger partial charge >= 0.3 is 0 Å². The third-order valence-electron chi connectivity index (χ3n) is 18.1. The highest BCUT2D eigenvalue weighted by molar-refractivity contribution is 5.93. The van der Waals surface area contributed by atoms with E-state index >= 15 is 0 Å². The van der Waals surface area contributed by atoms with Crippen LogP contribution in [0.2, 0.25) is 0 Å². The van der Waals surface area contributed by atoms with E-state index < -0.39 is 0 Å². The van der Waals surface area contributed by atoms with E-state index in [-0.39, 0.29) is 27.1 Å². The Labute approximate surface area is 347 Å². The fraction of sp³-hybridized carbons (Fsp3) is 0.464. The first-order valence-corrected chi connectivity index (χ1v) is 22.8. The van der Waals surface area contributed by atoms with Crippen LogP contribution in [0.5, 0.6) is 11.5 Å². The summed E-state index contributed by atoms with van der Waals surface area (Å²) in [6.45, 7) is 19.9. The summed E-state index contributed by atoms with van der Waals surface area (Å²) in [6, 6.07) is 40.2. The number of hydrogen-bond donors (Lipinski definition) is 0. The van der Waals surface area contributed by atoms with Gasteiger partial charge < -0.3 is 9.64 Å². The van der Waals surface area contributed by atoms with Gasteiger partial charge in [0.05, 0.1) is 17.1 Å². The lowest BCUT2D eigenvalue weighted by Gasteiger charge is -2.77. The van der Waals surface area contributed by atoms with E-state index in [0.29, 0.717) is 17.3 Å². The number of benzene rings is 5. The number of para-hydroxylation sites is 1. The normalized spacial score (nSPS) is 31.4. The minimum Gasteiger partial charge on any atom is -0.457 e. The summed E-state index contributed by atoms with van der Waals surface area (Å²) in [7, 11) is 0. The number of hydrogen-bond acceptors (Lipinski definition) is 2. The highest BCUT2D eigenvalue weighted by Crippen LogP contribution is 2.89. The molecule has 4 saturated carbocycles. The molecule has 6 atom stereocenters. The molecule has 0 N–H and O–H groups in total. The molecule has 1 aliphatic heterocycles. The van der Waals surface area contributed by atoms with E-state index in [1.54, 1.807) is 0 Å². The van der Waals surface area contributed by atoms with Crippen LogP contribution < -0.4 is 9.64 Å². The van der Waals surface area contributed by atoms with Gasteiger partial charge in [0.1, 0.15) is 11.5 Å². The fourth-order valence-electron chi connectivity index (χ4n) is 15.3. The summed E-state index contributed by atoms with van der Waals surface area (Å²) in [5.74, 6) is 5.39. The summed E-state index contributed by atoms with van der Waals surface area (Å²) in [5, 5.41) is 0. The molecule has 0 saturated heterocycles. The van der Waals surface area contributed by atoms with Crippen molar-refractivity contribution in [2.75, 3.05) is 4.90 Å². The molecule has 0 aromatic heterocycles. The molecule has 2 nitrogen and oxygen atoms in total. The van der Waals surface area contributed by atoms with Crippen molar-refractivity contribution in [1.82, 2.24) is 0 Å². The fourth-order valence-corrected chi connectivity index (χ4v) is 15.3. The molecular weight excluding hydrogens is 703 g/mol. The molecule has 58 heavy (non-hydrogen) atoms. The predicted octanol–water partition coefficient (Wildman–Crippen LogP) is 15.0. The first kappa shape index (κ1) is 35.6. The molecule has 5 aromatic rings. The maximum absolute atomic E-state index is 7.30. The zero-order valence-electron chi connectivity index (χ0n) is 36.1. The maximum Gasteiger partial charge on any atom is 0.133 e. The lowest BCUT2D eigenvalue weighted by atomic mass is 9.26. The Hall–Kier alpha value is -4.30. The number of nitrogens with zero attached hydrogens (tertiary/aromatic N) is 1. The first-order valence-electron chi connectivity index (χ1n) is 22.8. The van der Waals surface area contributed by atoms with Gasteiger partial charge in [0.25, 0.3) is 0 Å². The summed E-state index contributed by atoms with van der Waals surface area (Å²) in [4.78, 5) is 2.74. The largest absolute Gasteiger partial charge is 0.457 e. The van der Waals surface area contributed by atoms with E-state index in [4.69, 9.17) is 4.74 Å². The molecule has 2 heteroatoms. The lowest BCUT2D eigenvalue weighted by Crippen LogP contribution is -2.74. The third-order valence-corrected chi connectivity index (χ3v) is 18.1. The Morgan fingerprint density at radius 3 is 1.71 bits per heavy atom. The van der Waals surface area contributed by atoms with Gasteiger partial charge in [-0.05, 0) is 154 Å². The van der Waals surface area contributed by atoms with Crippen LogP contribution in [0.25, 0.3) is 11.1 Å². The van der Waals surface area contributed by atoms with Crippen molar-refractivity contribution in [2.45, 2.75) is 134 Å². The summed E-state index contributed by atoms with van der Waals surface area (Å²) < 4.78 is 7.30. The molecule has 5 aromatic carbocycles. The molecule has 6 aliphatic carbocycles. The Balaban J connectivity index is 1.19. The Bertz CT molecular complexity index is 2480. The highest BCUT2D eigenvalue weighted by atomic mass is 16.5. The monoisotopic (exact) mass is 763 g/mol. The minimum atomic E-state index is 0.00669. The molecule has 296 valence electrons. The van der Waals surface area contributed by atoms with Gasteiger partial charge in [-0.2, -0.15) is 0 Å². The molecule has 6 unspecified atom stereocenters. The Morgan fingerprint density at radius 1 is 0.500 bits per heavy atom. The molecule has 2 bridgehead atoms. The molecular formula is C56H61NO. The van der Waals surface area contributed by atoms with E-state index in [2.05, 4.69) is 163 Å². The lowest BCUT2D eigenvalue weighted by molar-refractivity contribution is -0.235. The van der Waals surface area contributed by atoms with Crippen LogP contribution >= 0.6 is 0 Å². The first-order chi connectivity index (χ1) is 27.7. The molecule has 7 aliphatic rings. The van der Waals surface area contributed by atoms with E-state index in [0.717, 1.165) is 36.2 Å². The second-order valence-corrected chi connectivity index (χ2v) is 22.7. The molecule has 12 rings (SSSR count). The van der Waals surface area contributed by atoms with Crippen LogP contribution in [-0.4, -0.2) is 0 Å². The van der Waals surface area contributed by atoms with Gasteiger partial charge in [-0.3, -0.25) is 0 Å². The van der Waals surface area contributed by atoms with Crippen molar-refractivity contribution < 1.29 is 4.74 Å². The van der Waals surface area contributed by atoms with Gasteiger partial charge in [0, 0.05) is 28.2 Å². The number of ether oxygens (including phenoxy) is 1. The quantitative estimate of drug-likeness (QED) is 0.181. The van der Waals surface area contributed by atoms with Crippen molar-refractivity contribution in [2.24, 2.45) is 29.1 Å². The van der Waals surface area contributed by atoms with Crippen LogP contribution in [0.1, 0.15) is 140 Å². The van der Waals surface area contributed by atoms with Gasteiger partial charge in [-0.15, -0.1) is 0 Å². The molecule has 0 amide bonds. The average molecular weight is 764 g/mol. The van der Waals surface area contributed by atoms with E-state index in [9.17, 15) is 0 Å². The number of rotatable bonds is 4. The average Bonchev–Trinajstić information content (AvgIpc) is 3.74. The predicted molar refractivity (Wildman–Crippen MR) is 239 cm³/mol. The Morgan fingerprint density at radius 2 is 1.07 bits per heavy atom. The zero-order valence-corrected chi connectivity index (χ0v) is 36.1. The van der Waals surface area contributed by atoms with Crippen LogP contribution in [0.3, 0.4) is 0 Å². The second-order valence-electron chi connectivity index (χ2n) is 22.7. The van der Waals surface area contributed by atoms with Crippen molar-refractivity contribution in [3.05, 3.63) is 137 Å².